The number of benzene rings is 1. The van der Waals surface area contributed by atoms with Gasteiger partial charge in [-0.05, 0) is 37.2 Å². The van der Waals surface area contributed by atoms with Gasteiger partial charge in [0.15, 0.2) is 0 Å². The average Bonchev–Trinajstić information content (AvgIpc) is 2.67. The standard InChI is InChI=1S/C19H28N2O3/c20-17(15-6-10-23-11-7-15)18(22)21-14-19(8-12-24-13-9-19)16-4-2-1-3-5-16/h1-5,15,17H,6-14,20H2,(H,21,22). The summed E-state index contributed by atoms with van der Waals surface area (Å²) in [6, 6.07) is 9.99. The molecule has 0 spiro atoms. The molecule has 2 aliphatic rings. The highest BCUT2D eigenvalue weighted by Crippen LogP contribution is 2.34. The summed E-state index contributed by atoms with van der Waals surface area (Å²) in [6.07, 6.45) is 3.58. The zero-order valence-corrected chi connectivity index (χ0v) is 14.2. The average molecular weight is 332 g/mol. The monoisotopic (exact) mass is 332 g/mol. The van der Waals surface area contributed by atoms with E-state index in [1.165, 1.54) is 5.56 Å². The molecule has 0 aromatic heterocycles. The van der Waals surface area contributed by atoms with E-state index in [2.05, 4.69) is 29.6 Å². The van der Waals surface area contributed by atoms with Gasteiger partial charge in [0, 0.05) is 38.4 Å². The van der Waals surface area contributed by atoms with Crippen LogP contribution in [0.4, 0.5) is 0 Å². The lowest BCUT2D eigenvalue weighted by atomic mass is 9.74. The number of nitrogens with two attached hydrogens (primary N) is 1. The quantitative estimate of drug-likeness (QED) is 0.859. The van der Waals surface area contributed by atoms with E-state index in [1.54, 1.807) is 0 Å². The molecule has 5 heteroatoms. The molecule has 5 nitrogen and oxygen atoms in total. The lowest BCUT2D eigenvalue weighted by Crippen LogP contribution is -2.51. The van der Waals surface area contributed by atoms with Crippen LogP contribution in [0.5, 0.6) is 0 Å². The number of hydrogen-bond acceptors (Lipinski definition) is 4. The molecular weight excluding hydrogens is 304 g/mol. The van der Waals surface area contributed by atoms with Crippen molar-refractivity contribution in [3.63, 3.8) is 0 Å². The van der Waals surface area contributed by atoms with Crippen LogP contribution in [0.15, 0.2) is 30.3 Å². The second kappa shape index (κ2) is 8.10. The summed E-state index contributed by atoms with van der Waals surface area (Å²) in [6.45, 7) is 3.50. The highest BCUT2D eigenvalue weighted by atomic mass is 16.5. The van der Waals surface area contributed by atoms with Crippen LogP contribution in [0, 0.1) is 5.92 Å². The van der Waals surface area contributed by atoms with E-state index in [1.807, 2.05) is 6.07 Å². The summed E-state index contributed by atoms with van der Waals surface area (Å²) in [7, 11) is 0. The first-order chi connectivity index (χ1) is 11.7. The summed E-state index contributed by atoms with van der Waals surface area (Å²) < 4.78 is 10.9. The lowest BCUT2D eigenvalue weighted by Gasteiger charge is -2.38. The molecule has 0 bridgehead atoms. The van der Waals surface area contributed by atoms with Crippen molar-refractivity contribution in [1.82, 2.24) is 5.32 Å². The topological polar surface area (TPSA) is 73.6 Å². The van der Waals surface area contributed by atoms with Crippen LogP contribution in [-0.4, -0.2) is 44.9 Å². The number of amides is 1. The maximum Gasteiger partial charge on any atom is 0.237 e. The van der Waals surface area contributed by atoms with Crippen molar-refractivity contribution in [3.8, 4) is 0 Å². The molecule has 1 aromatic carbocycles. The van der Waals surface area contributed by atoms with Crippen molar-refractivity contribution in [2.75, 3.05) is 33.0 Å². The van der Waals surface area contributed by atoms with E-state index in [9.17, 15) is 4.79 Å². The van der Waals surface area contributed by atoms with Crippen LogP contribution in [0.3, 0.4) is 0 Å². The van der Waals surface area contributed by atoms with Crippen molar-refractivity contribution in [2.45, 2.75) is 37.1 Å². The zero-order chi connectivity index (χ0) is 16.8. The summed E-state index contributed by atoms with van der Waals surface area (Å²) in [4.78, 5) is 12.6. The van der Waals surface area contributed by atoms with Crippen LogP contribution in [0.2, 0.25) is 0 Å². The third-order valence-corrected chi connectivity index (χ3v) is 5.51. The molecule has 3 N–H and O–H groups in total. The van der Waals surface area contributed by atoms with E-state index in [0.29, 0.717) is 19.8 Å². The van der Waals surface area contributed by atoms with Gasteiger partial charge in [0.25, 0.3) is 0 Å². The Kier molecular flexibility index (Phi) is 5.87. The Morgan fingerprint density at radius 1 is 1.12 bits per heavy atom. The first-order valence-corrected chi connectivity index (χ1v) is 8.96. The minimum absolute atomic E-state index is 0.0382. The predicted molar refractivity (Wildman–Crippen MR) is 92.7 cm³/mol. The van der Waals surface area contributed by atoms with Crippen molar-refractivity contribution in [3.05, 3.63) is 35.9 Å². The Labute approximate surface area is 143 Å². The smallest absolute Gasteiger partial charge is 0.237 e. The van der Waals surface area contributed by atoms with Crippen LogP contribution in [-0.2, 0) is 19.7 Å². The SMILES string of the molecule is NC(C(=O)NCC1(c2ccccc2)CCOCC1)C1CCOCC1. The Balaban J connectivity index is 1.64. The normalized spacial score (nSPS) is 22.7. The van der Waals surface area contributed by atoms with Crippen molar-refractivity contribution < 1.29 is 14.3 Å². The van der Waals surface area contributed by atoms with Crippen LogP contribution >= 0.6 is 0 Å². The Morgan fingerprint density at radius 3 is 2.42 bits per heavy atom. The van der Waals surface area contributed by atoms with Gasteiger partial charge < -0.3 is 20.5 Å². The number of carbonyl (C=O) groups is 1. The van der Waals surface area contributed by atoms with Gasteiger partial charge >= 0.3 is 0 Å². The molecule has 0 saturated carbocycles. The summed E-state index contributed by atoms with van der Waals surface area (Å²) in [5, 5.41) is 3.13. The fraction of sp³-hybridized carbons (Fsp3) is 0.632. The van der Waals surface area contributed by atoms with Crippen LogP contribution in [0.1, 0.15) is 31.2 Å². The molecule has 2 aliphatic heterocycles. The molecule has 1 unspecified atom stereocenters. The zero-order valence-electron chi connectivity index (χ0n) is 14.2. The fourth-order valence-corrected chi connectivity index (χ4v) is 3.78. The first-order valence-electron chi connectivity index (χ1n) is 8.96. The van der Waals surface area contributed by atoms with Gasteiger partial charge in [0.1, 0.15) is 0 Å². The maximum absolute atomic E-state index is 12.6. The number of nitrogens with one attached hydrogen (secondary N) is 1. The summed E-state index contributed by atoms with van der Waals surface area (Å²) >= 11 is 0. The number of ether oxygens (including phenoxy) is 2. The van der Waals surface area contributed by atoms with Gasteiger partial charge in [-0.3, -0.25) is 4.79 Å². The van der Waals surface area contributed by atoms with Gasteiger partial charge in [0.2, 0.25) is 5.91 Å². The van der Waals surface area contributed by atoms with Gasteiger partial charge in [-0.2, -0.15) is 0 Å². The minimum atomic E-state index is -0.443. The van der Waals surface area contributed by atoms with Gasteiger partial charge in [0.05, 0.1) is 6.04 Å². The van der Waals surface area contributed by atoms with Crippen molar-refractivity contribution in [1.29, 1.82) is 0 Å². The molecule has 1 amide bonds. The van der Waals surface area contributed by atoms with Crippen molar-refractivity contribution in [2.24, 2.45) is 11.7 Å². The van der Waals surface area contributed by atoms with E-state index < -0.39 is 6.04 Å². The van der Waals surface area contributed by atoms with Gasteiger partial charge in [-0.25, -0.2) is 0 Å². The Morgan fingerprint density at radius 2 is 1.75 bits per heavy atom. The molecule has 2 fully saturated rings. The highest BCUT2D eigenvalue weighted by Gasteiger charge is 2.36. The largest absolute Gasteiger partial charge is 0.381 e. The molecule has 0 radical (unpaired) electrons. The summed E-state index contributed by atoms with van der Waals surface area (Å²) in [5.74, 6) is 0.185. The number of carbonyl (C=O) groups excluding carboxylic acids is 1. The molecule has 1 aromatic rings. The summed E-state index contributed by atoms with van der Waals surface area (Å²) in [5.41, 5.74) is 7.42. The third-order valence-electron chi connectivity index (χ3n) is 5.51. The third kappa shape index (κ3) is 3.97. The first kappa shape index (κ1) is 17.4. The van der Waals surface area contributed by atoms with Gasteiger partial charge in [-0.15, -0.1) is 0 Å². The maximum atomic E-state index is 12.6. The lowest BCUT2D eigenvalue weighted by molar-refractivity contribution is -0.124. The van der Waals surface area contributed by atoms with E-state index in [-0.39, 0.29) is 17.2 Å². The Hall–Kier alpha value is -1.43. The highest BCUT2D eigenvalue weighted by molar-refractivity contribution is 5.82. The Bertz CT molecular complexity index is 523. The number of hydrogen-bond donors (Lipinski definition) is 2. The van der Waals surface area contributed by atoms with E-state index in [4.69, 9.17) is 15.2 Å². The molecule has 132 valence electrons. The molecular formula is C19H28N2O3. The van der Waals surface area contributed by atoms with Crippen LogP contribution in [0.25, 0.3) is 0 Å². The molecule has 24 heavy (non-hydrogen) atoms. The minimum Gasteiger partial charge on any atom is -0.381 e. The molecule has 2 saturated heterocycles. The number of rotatable bonds is 5. The second-order valence-corrected chi connectivity index (χ2v) is 6.95. The molecule has 0 aliphatic carbocycles. The molecule has 3 rings (SSSR count). The van der Waals surface area contributed by atoms with E-state index in [0.717, 1.165) is 38.9 Å². The molecule has 2 heterocycles. The second-order valence-electron chi connectivity index (χ2n) is 6.95. The van der Waals surface area contributed by atoms with Crippen LogP contribution < -0.4 is 11.1 Å². The molecule has 1 atom stereocenters. The van der Waals surface area contributed by atoms with E-state index >= 15 is 0 Å². The fourth-order valence-electron chi connectivity index (χ4n) is 3.78. The van der Waals surface area contributed by atoms with Crippen molar-refractivity contribution >= 4 is 5.91 Å². The predicted octanol–water partition coefficient (Wildman–Crippen LogP) is 1.60. The van der Waals surface area contributed by atoms with Gasteiger partial charge in [-0.1, -0.05) is 30.3 Å².